The van der Waals surface area contributed by atoms with Crippen LogP contribution in [0.5, 0.6) is 17.2 Å². The molecule has 0 saturated carbocycles. The Balaban J connectivity index is 1.99. The van der Waals surface area contributed by atoms with E-state index in [2.05, 4.69) is 23.2 Å². The van der Waals surface area contributed by atoms with E-state index in [1.54, 1.807) is 12.1 Å². The first kappa shape index (κ1) is 23.0. The van der Waals surface area contributed by atoms with Gasteiger partial charge in [-0.3, -0.25) is 9.69 Å². The Labute approximate surface area is 178 Å². The van der Waals surface area contributed by atoms with Crippen LogP contribution in [0, 0.1) is 11.3 Å². The Morgan fingerprint density at radius 3 is 2.17 bits per heavy atom. The quantitative estimate of drug-likeness (QED) is 0.605. The Morgan fingerprint density at radius 2 is 1.67 bits per heavy atom. The smallest absolute Gasteiger partial charge is 0.225 e. The number of hydrogen-bond donors (Lipinski definition) is 1. The van der Waals surface area contributed by atoms with Gasteiger partial charge in [0.05, 0.1) is 33.0 Å². The maximum absolute atomic E-state index is 12.5. The number of nitrogens with zero attached hydrogens (tertiary/aromatic N) is 2. The molecule has 0 atom stereocenters. The zero-order chi connectivity index (χ0) is 21.9. The Bertz CT molecular complexity index is 850. The number of hydrogen-bond acceptors (Lipinski definition) is 6. The summed E-state index contributed by atoms with van der Waals surface area (Å²) in [5, 5.41) is 11.8. The summed E-state index contributed by atoms with van der Waals surface area (Å²) in [6.07, 6.45) is 1.34. The minimum atomic E-state index is -0.0924. The summed E-state index contributed by atoms with van der Waals surface area (Å²) in [6.45, 7) is 4.36. The van der Waals surface area contributed by atoms with Crippen LogP contribution in [0.1, 0.15) is 30.9 Å². The molecule has 2 aromatic rings. The molecule has 2 rings (SSSR count). The van der Waals surface area contributed by atoms with Crippen LogP contribution in [0.4, 0.5) is 5.69 Å². The normalized spacial score (nSPS) is 10.4. The predicted molar refractivity (Wildman–Crippen MR) is 116 cm³/mol. The molecule has 1 amide bonds. The summed E-state index contributed by atoms with van der Waals surface area (Å²) in [4.78, 5) is 14.8. The van der Waals surface area contributed by atoms with Gasteiger partial charge in [-0.1, -0.05) is 19.1 Å². The maximum Gasteiger partial charge on any atom is 0.225 e. The number of methoxy groups -OCH3 is 3. The van der Waals surface area contributed by atoms with Gasteiger partial charge in [-0.25, -0.2) is 0 Å². The number of carbonyl (C=O) groups is 1. The van der Waals surface area contributed by atoms with Gasteiger partial charge in [0.2, 0.25) is 11.7 Å². The zero-order valence-corrected chi connectivity index (χ0v) is 18.0. The van der Waals surface area contributed by atoms with Crippen LogP contribution >= 0.6 is 0 Å². The van der Waals surface area contributed by atoms with E-state index in [1.807, 2.05) is 24.3 Å². The van der Waals surface area contributed by atoms with Crippen LogP contribution in [-0.2, 0) is 11.3 Å². The lowest BCUT2D eigenvalue weighted by Crippen LogP contribution is -2.28. The number of amides is 1. The van der Waals surface area contributed by atoms with Gasteiger partial charge in [-0.05, 0) is 30.7 Å². The van der Waals surface area contributed by atoms with Gasteiger partial charge < -0.3 is 19.5 Å². The third-order valence-electron chi connectivity index (χ3n) is 4.63. The fourth-order valence-electron chi connectivity index (χ4n) is 3.17. The molecule has 0 aromatic heterocycles. The van der Waals surface area contributed by atoms with Crippen molar-refractivity contribution in [1.29, 1.82) is 5.26 Å². The van der Waals surface area contributed by atoms with E-state index >= 15 is 0 Å². The molecule has 0 heterocycles. The second kappa shape index (κ2) is 11.7. The lowest BCUT2D eigenvalue weighted by molar-refractivity contribution is -0.116. The van der Waals surface area contributed by atoms with Gasteiger partial charge in [0, 0.05) is 37.3 Å². The van der Waals surface area contributed by atoms with Gasteiger partial charge in [0.25, 0.3) is 0 Å². The number of anilines is 1. The number of benzene rings is 2. The SMILES string of the molecule is CCCN(CCC(=O)Nc1cc(OC)c(OC)c(OC)c1)Cc1ccc(C#N)cc1. The largest absolute Gasteiger partial charge is 0.493 e. The summed E-state index contributed by atoms with van der Waals surface area (Å²) in [7, 11) is 4.61. The van der Waals surface area contributed by atoms with Crippen molar-refractivity contribution in [1.82, 2.24) is 4.90 Å². The van der Waals surface area contributed by atoms with Crippen molar-refractivity contribution < 1.29 is 19.0 Å². The molecule has 0 bridgehead atoms. The number of carbonyl (C=O) groups excluding carboxylic acids is 1. The van der Waals surface area contributed by atoms with Crippen molar-refractivity contribution in [2.24, 2.45) is 0 Å². The second-order valence-electron chi connectivity index (χ2n) is 6.80. The van der Waals surface area contributed by atoms with Crippen LogP contribution in [0.3, 0.4) is 0 Å². The van der Waals surface area contributed by atoms with E-state index in [1.165, 1.54) is 21.3 Å². The molecule has 0 saturated heterocycles. The van der Waals surface area contributed by atoms with E-state index in [4.69, 9.17) is 19.5 Å². The molecule has 0 unspecified atom stereocenters. The van der Waals surface area contributed by atoms with Crippen molar-refractivity contribution in [2.75, 3.05) is 39.7 Å². The Hall–Kier alpha value is -3.24. The monoisotopic (exact) mass is 411 g/mol. The number of nitriles is 1. The highest BCUT2D eigenvalue weighted by atomic mass is 16.5. The molecule has 0 radical (unpaired) electrons. The predicted octanol–water partition coefficient (Wildman–Crippen LogP) is 3.82. The van der Waals surface area contributed by atoms with E-state index in [9.17, 15) is 4.79 Å². The summed E-state index contributed by atoms with van der Waals surface area (Å²) < 4.78 is 16.0. The lowest BCUT2D eigenvalue weighted by Gasteiger charge is -2.21. The van der Waals surface area contributed by atoms with Crippen molar-refractivity contribution in [3.05, 3.63) is 47.5 Å². The highest BCUT2D eigenvalue weighted by Crippen LogP contribution is 2.39. The molecule has 0 aliphatic carbocycles. The van der Waals surface area contributed by atoms with Gasteiger partial charge >= 0.3 is 0 Å². The Morgan fingerprint density at radius 1 is 1.03 bits per heavy atom. The highest BCUT2D eigenvalue weighted by molar-refractivity contribution is 5.91. The van der Waals surface area contributed by atoms with Crippen LogP contribution in [-0.4, -0.2) is 45.2 Å². The first-order valence-electron chi connectivity index (χ1n) is 9.85. The number of rotatable bonds is 11. The van der Waals surface area contributed by atoms with E-state index in [0.29, 0.717) is 41.5 Å². The average molecular weight is 412 g/mol. The van der Waals surface area contributed by atoms with Gasteiger partial charge in [0.1, 0.15) is 0 Å². The molecule has 0 aliphatic rings. The van der Waals surface area contributed by atoms with Crippen molar-refractivity contribution in [3.63, 3.8) is 0 Å². The molecule has 0 fully saturated rings. The van der Waals surface area contributed by atoms with E-state index in [0.717, 1.165) is 25.1 Å². The first-order valence-corrected chi connectivity index (χ1v) is 9.85. The molecule has 7 heteroatoms. The summed E-state index contributed by atoms with van der Waals surface area (Å²) in [5.74, 6) is 1.36. The minimum absolute atomic E-state index is 0.0924. The Kier molecular flexibility index (Phi) is 8.98. The fourth-order valence-corrected chi connectivity index (χ4v) is 3.17. The maximum atomic E-state index is 12.5. The van der Waals surface area contributed by atoms with E-state index in [-0.39, 0.29) is 5.91 Å². The summed E-state index contributed by atoms with van der Waals surface area (Å²) in [5.41, 5.74) is 2.35. The fraction of sp³-hybridized carbons (Fsp3) is 0.391. The topological polar surface area (TPSA) is 83.8 Å². The van der Waals surface area contributed by atoms with Gasteiger partial charge in [-0.2, -0.15) is 5.26 Å². The third-order valence-corrected chi connectivity index (χ3v) is 4.63. The van der Waals surface area contributed by atoms with Crippen molar-refractivity contribution in [3.8, 4) is 23.3 Å². The van der Waals surface area contributed by atoms with Gasteiger partial charge in [0.15, 0.2) is 11.5 Å². The second-order valence-corrected chi connectivity index (χ2v) is 6.80. The molecule has 7 nitrogen and oxygen atoms in total. The third kappa shape index (κ3) is 6.39. The van der Waals surface area contributed by atoms with E-state index < -0.39 is 0 Å². The van der Waals surface area contributed by atoms with Gasteiger partial charge in [-0.15, -0.1) is 0 Å². The summed E-state index contributed by atoms with van der Waals surface area (Å²) >= 11 is 0. The molecule has 160 valence electrons. The molecular weight excluding hydrogens is 382 g/mol. The molecule has 2 aromatic carbocycles. The van der Waals surface area contributed by atoms with Crippen LogP contribution in [0.15, 0.2) is 36.4 Å². The summed E-state index contributed by atoms with van der Waals surface area (Å²) in [6, 6.07) is 13.1. The van der Waals surface area contributed by atoms with Crippen molar-refractivity contribution >= 4 is 11.6 Å². The number of ether oxygens (including phenoxy) is 3. The standard InChI is InChI=1S/C23H29N3O4/c1-5-11-26(16-18-8-6-17(15-24)7-9-18)12-10-22(27)25-19-13-20(28-2)23(30-4)21(14-19)29-3/h6-9,13-14H,5,10-12,16H2,1-4H3,(H,25,27). The molecular formula is C23H29N3O4. The molecule has 0 spiro atoms. The molecule has 30 heavy (non-hydrogen) atoms. The first-order chi connectivity index (χ1) is 14.5. The highest BCUT2D eigenvalue weighted by Gasteiger charge is 2.15. The zero-order valence-electron chi connectivity index (χ0n) is 18.0. The van der Waals surface area contributed by atoms with Crippen LogP contribution < -0.4 is 19.5 Å². The van der Waals surface area contributed by atoms with Crippen LogP contribution in [0.2, 0.25) is 0 Å². The van der Waals surface area contributed by atoms with Crippen LogP contribution in [0.25, 0.3) is 0 Å². The minimum Gasteiger partial charge on any atom is -0.493 e. The average Bonchev–Trinajstić information content (AvgIpc) is 2.77. The molecule has 0 aliphatic heterocycles. The number of nitrogens with one attached hydrogen (secondary N) is 1. The lowest BCUT2D eigenvalue weighted by atomic mass is 10.1. The van der Waals surface area contributed by atoms with Crippen molar-refractivity contribution in [2.45, 2.75) is 26.3 Å². The molecule has 1 N–H and O–H groups in total.